The van der Waals surface area contributed by atoms with Gasteiger partial charge in [0, 0.05) is 17.8 Å². The van der Waals surface area contributed by atoms with E-state index in [0.29, 0.717) is 0 Å². The van der Waals surface area contributed by atoms with Crippen molar-refractivity contribution in [2.24, 2.45) is 7.05 Å². The van der Waals surface area contributed by atoms with Gasteiger partial charge < -0.3 is 0 Å². The zero-order valence-electron chi connectivity index (χ0n) is 12.1. The Balaban J connectivity index is 2.08. The zero-order chi connectivity index (χ0) is 14.4. The molecule has 3 nitrogen and oxygen atoms in total. The van der Waals surface area contributed by atoms with Crippen LogP contribution in [-0.4, -0.2) is 9.38 Å². The molecule has 21 heavy (non-hydrogen) atoms. The molecule has 0 fully saturated rings. The van der Waals surface area contributed by atoms with Crippen molar-refractivity contribution in [2.45, 2.75) is 6.92 Å². The Kier molecular flexibility index (Phi) is 2.54. The normalized spacial score (nSPS) is 11.3. The van der Waals surface area contributed by atoms with Crippen molar-refractivity contribution in [3.8, 4) is 11.3 Å². The maximum Gasteiger partial charge on any atom is 0.214 e. The smallest absolute Gasteiger partial charge is 0.214 e. The molecule has 102 valence electrons. The molecule has 0 amide bonds. The summed E-state index contributed by atoms with van der Waals surface area (Å²) in [6.45, 7) is 2.15. The zero-order valence-corrected chi connectivity index (χ0v) is 12.1. The van der Waals surface area contributed by atoms with Crippen LogP contribution in [0.25, 0.3) is 27.9 Å². The number of hydrogen-bond acceptors (Lipinski definition) is 1. The van der Waals surface area contributed by atoms with Crippen molar-refractivity contribution in [1.82, 2.24) is 9.38 Å². The standard InChI is InChI=1S/C18H16N3/c1-13-7-3-4-8-14(13)16-11-17-15(12-20(16)2)19-18-9-5-6-10-21(17)18/h3-12H,1-2H3/q+1. The maximum absolute atomic E-state index is 4.68. The molecule has 0 saturated heterocycles. The van der Waals surface area contributed by atoms with Gasteiger partial charge in [-0.25, -0.2) is 4.98 Å². The second-order valence-corrected chi connectivity index (χ2v) is 5.40. The molecule has 3 heterocycles. The molecule has 3 aromatic heterocycles. The van der Waals surface area contributed by atoms with Gasteiger partial charge >= 0.3 is 0 Å². The molecule has 1 aromatic carbocycles. The highest BCUT2D eigenvalue weighted by Crippen LogP contribution is 2.23. The molecule has 0 N–H and O–H groups in total. The summed E-state index contributed by atoms with van der Waals surface area (Å²) in [4.78, 5) is 4.68. The molecule has 0 aliphatic rings. The number of pyridine rings is 2. The molecule has 0 aliphatic heterocycles. The SMILES string of the molecule is Cc1ccccc1-c1cc2c(c[n+]1C)nc1ccccn12. The quantitative estimate of drug-likeness (QED) is 0.488. The number of rotatable bonds is 1. The average Bonchev–Trinajstić information content (AvgIpc) is 2.84. The fraction of sp³-hybridized carbons (Fsp3) is 0.111. The van der Waals surface area contributed by atoms with Crippen LogP contribution in [0.5, 0.6) is 0 Å². The minimum atomic E-state index is 0.981. The van der Waals surface area contributed by atoms with Gasteiger partial charge in [0.1, 0.15) is 12.7 Å². The third kappa shape index (κ3) is 1.82. The lowest BCUT2D eigenvalue weighted by Gasteiger charge is -2.04. The molecule has 0 unspecified atom stereocenters. The Bertz CT molecular complexity index is 967. The van der Waals surface area contributed by atoms with E-state index in [-0.39, 0.29) is 0 Å². The molecule has 4 aromatic rings. The maximum atomic E-state index is 4.68. The predicted molar refractivity (Wildman–Crippen MR) is 84.0 cm³/mol. The number of benzene rings is 1. The van der Waals surface area contributed by atoms with Gasteiger partial charge in [0.2, 0.25) is 5.69 Å². The van der Waals surface area contributed by atoms with Crippen molar-refractivity contribution in [3.63, 3.8) is 0 Å². The van der Waals surface area contributed by atoms with Crippen LogP contribution in [0.4, 0.5) is 0 Å². The summed E-state index contributed by atoms with van der Waals surface area (Å²) < 4.78 is 4.29. The molecule has 0 bridgehead atoms. The van der Waals surface area contributed by atoms with Gasteiger partial charge in [-0.2, -0.15) is 4.57 Å². The molecule has 0 aliphatic carbocycles. The topological polar surface area (TPSA) is 21.2 Å². The first-order valence-electron chi connectivity index (χ1n) is 7.06. The Labute approximate surface area is 123 Å². The predicted octanol–water partition coefficient (Wildman–Crippen LogP) is 3.29. The van der Waals surface area contributed by atoms with E-state index < -0.39 is 0 Å². The van der Waals surface area contributed by atoms with Crippen molar-refractivity contribution in [2.75, 3.05) is 0 Å². The van der Waals surface area contributed by atoms with E-state index in [9.17, 15) is 0 Å². The van der Waals surface area contributed by atoms with Gasteiger partial charge in [-0.3, -0.25) is 4.40 Å². The highest BCUT2D eigenvalue weighted by molar-refractivity contribution is 5.82. The lowest BCUT2D eigenvalue weighted by molar-refractivity contribution is -0.659. The van der Waals surface area contributed by atoms with Crippen LogP contribution in [0, 0.1) is 6.92 Å². The van der Waals surface area contributed by atoms with E-state index >= 15 is 0 Å². The van der Waals surface area contributed by atoms with Gasteiger partial charge in [-0.05, 0) is 30.7 Å². The lowest BCUT2D eigenvalue weighted by atomic mass is 10.0. The van der Waals surface area contributed by atoms with Gasteiger partial charge in [-0.1, -0.05) is 24.3 Å². The summed E-state index contributed by atoms with van der Waals surface area (Å²) in [5.74, 6) is 0. The van der Waals surface area contributed by atoms with E-state index in [1.165, 1.54) is 16.8 Å². The van der Waals surface area contributed by atoms with E-state index in [0.717, 1.165) is 16.7 Å². The third-order valence-corrected chi connectivity index (χ3v) is 3.99. The van der Waals surface area contributed by atoms with E-state index in [1.807, 2.05) is 18.2 Å². The Hall–Kier alpha value is -2.68. The monoisotopic (exact) mass is 274 g/mol. The Morgan fingerprint density at radius 2 is 1.86 bits per heavy atom. The molecule has 0 saturated carbocycles. The largest absolute Gasteiger partial charge is 0.299 e. The first kappa shape index (κ1) is 12.1. The van der Waals surface area contributed by atoms with E-state index in [2.05, 4.69) is 70.6 Å². The lowest BCUT2D eigenvalue weighted by Crippen LogP contribution is -2.30. The van der Waals surface area contributed by atoms with Crippen LogP contribution in [-0.2, 0) is 7.05 Å². The summed E-state index contributed by atoms with van der Waals surface area (Å²) in [5.41, 5.74) is 6.87. The second kappa shape index (κ2) is 4.42. The number of fused-ring (bicyclic) bond motifs is 3. The Morgan fingerprint density at radius 3 is 2.71 bits per heavy atom. The molecule has 0 atom stereocenters. The van der Waals surface area contributed by atoms with Crippen LogP contribution < -0.4 is 4.57 Å². The fourth-order valence-electron chi connectivity index (χ4n) is 2.88. The summed E-state index contributed by atoms with van der Waals surface area (Å²) in [6, 6.07) is 16.8. The van der Waals surface area contributed by atoms with Crippen LogP contribution in [0.15, 0.2) is 60.9 Å². The number of hydrogen-bond donors (Lipinski definition) is 0. The number of imidazole rings is 1. The van der Waals surface area contributed by atoms with Gasteiger partial charge in [0.05, 0.1) is 5.52 Å². The minimum absolute atomic E-state index is 0.981. The van der Waals surface area contributed by atoms with Crippen LogP contribution in [0.2, 0.25) is 0 Å². The summed E-state index contributed by atoms with van der Waals surface area (Å²) >= 11 is 0. The highest BCUT2D eigenvalue weighted by Gasteiger charge is 2.16. The fourth-order valence-corrected chi connectivity index (χ4v) is 2.88. The van der Waals surface area contributed by atoms with Crippen molar-refractivity contribution in [1.29, 1.82) is 0 Å². The number of aryl methyl sites for hydroxylation is 2. The van der Waals surface area contributed by atoms with Crippen molar-refractivity contribution in [3.05, 3.63) is 66.5 Å². The van der Waals surface area contributed by atoms with Crippen molar-refractivity contribution >= 4 is 16.7 Å². The van der Waals surface area contributed by atoms with Crippen molar-refractivity contribution < 1.29 is 4.57 Å². The van der Waals surface area contributed by atoms with E-state index in [1.54, 1.807) is 0 Å². The highest BCUT2D eigenvalue weighted by atomic mass is 15.0. The minimum Gasteiger partial charge on any atom is -0.299 e. The number of aromatic nitrogens is 3. The third-order valence-electron chi connectivity index (χ3n) is 3.99. The molecule has 0 radical (unpaired) electrons. The summed E-state index contributed by atoms with van der Waals surface area (Å²) in [6.07, 6.45) is 4.16. The first-order valence-corrected chi connectivity index (χ1v) is 7.06. The molecular weight excluding hydrogens is 258 g/mol. The second-order valence-electron chi connectivity index (χ2n) is 5.40. The van der Waals surface area contributed by atoms with Gasteiger partial charge in [0.15, 0.2) is 11.7 Å². The van der Waals surface area contributed by atoms with Gasteiger partial charge in [0.25, 0.3) is 0 Å². The van der Waals surface area contributed by atoms with Gasteiger partial charge in [-0.15, -0.1) is 0 Å². The molecule has 0 spiro atoms. The van der Waals surface area contributed by atoms with E-state index in [4.69, 9.17) is 0 Å². The van der Waals surface area contributed by atoms with Crippen LogP contribution >= 0.6 is 0 Å². The summed E-state index contributed by atoms with van der Waals surface area (Å²) in [7, 11) is 2.07. The molecular formula is C18H16N3+. The summed E-state index contributed by atoms with van der Waals surface area (Å²) in [5, 5.41) is 0. The number of nitrogens with zero attached hydrogens (tertiary/aromatic N) is 3. The molecule has 4 rings (SSSR count). The first-order chi connectivity index (χ1) is 10.2. The molecule has 3 heteroatoms. The Morgan fingerprint density at radius 1 is 1.05 bits per heavy atom. The van der Waals surface area contributed by atoms with Crippen LogP contribution in [0.3, 0.4) is 0 Å². The van der Waals surface area contributed by atoms with Crippen LogP contribution in [0.1, 0.15) is 5.56 Å². The average molecular weight is 274 g/mol.